The van der Waals surface area contributed by atoms with Gasteiger partial charge in [-0.1, -0.05) is 35.9 Å². The Labute approximate surface area is 153 Å². The van der Waals surface area contributed by atoms with Crippen LogP contribution >= 0.6 is 0 Å². The summed E-state index contributed by atoms with van der Waals surface area (Å²) in [6, 6.07) is 13.3. The van der Waals surface area contributed by atoms with Crippen LogP contribution in [0.15, 0.2) is 42.5 Å². The van der Waals surface area contributed by atoms with Gasteiger partial charge in [-0.3, -0.25) is 4.79 Å². The van der Waals surface area contributed by atoms with Crippen molar-refractivity contribution in [2.24, 2.45) is 0 Å². The summed E-state index contributed by atoms with van der Waals surface area (Å²) >= 11 is 0. The van der Waals surface area contributed by atoms with Crippen molar-refractivity contribution in [1.82, 2.24) is 9.88 Å². The number of hydrogen-bond acceptors (Lipinski definition) is 4. The molecular formula is C20H23N3O3. The van der Waals surface area contributed by atoms with E-state index in [-0.39, 0.29) is 11.6 Å². The number of carbonyl (C=O) groups excluding carboxylic acids is 1. The molecule has 0 spiro atoms. The predicted molar refractivity (Wildman–Crippen MR) is 99.5 cm³/mol. The highest BCUT2D eigenvalue weighted by Crippen LogP contribution is 2.15. The molecule has 3 rings (SSSR count). The lowest BCUT2D eigenvalue weighted by atomic mass is 10.1. The van der Waals surface area contributed by atoms with E-state index in [2.05, 4.69) is 36.2 Å². The molecule has 0 atom stereocenters. The van der Waals surface area contributed by atoms with Gasteiger partial charge in [0.1, 0.15) is 5.82 Å². The first-order valence-electron chi connectivity index (χ1n) is 8.81. The van der Waals surface area contributed by atoms with E-state index in [4.69, 9.17) is 5.11 Å². The standard InChI is InChI=1S/C20H23N3O3/c1-15-5-7-16(8-6-15)9-10-19(24)23-13-11-22(12-14-23)18-4-2-3-17(21-18)20(25)26/h2-8H,9-14H2,1H3,(H,25,26). The second kappa shape index (κ2) is 7.99. The molecule has 6 nitrogen and oxygen atoms in total. The molecule has 1 amide bonds. The van der Waals surface area contributed by atoms with Crippen LogP contribution in [0.2, 0.25) is 0 Å². The minimum atomic E-state index is -1.03. The molecule has 2 heterocycles. The lowest BCUT2D eigenvalue weighted by Gasteiger charge is -2.35. The first-order chi connectivity index (χ1) is 12.5. The van der Waals surface area contributed by atoms with Gasteiger partial charge in [-0.15, -0.1) is 0 Å². The molecule has 1 fully saturated rings. The van der Waals surface area contributed by atoms with Crippen LogP contribution < -0.4 is 4.90 Å². The molecule has 1 aliphatic heterocycles. The normalized spacial score (nSPS) is 14.3. The summed E-state index contributed by atoms with van der Waals surface area (Å²) in [6.07, 6.45) is 1.26. The van der Waals surface area contributed by atoms with Crippen molar-refractivity contribution in [3.05, 3.63) is 59.3 Å². The SMILES string of the molecule is Cc1ccc(CCC(=O)N2CCN(c3cccc(C(=O)O)n3)CC2)cc1. The molecule has 6 heteroatoms. The van der Waals surface area contributed by atoms with Crippen LogP contribution in [-0.2, 0) is 11.2 Å². The first kappa shape index (κ1) is 17.9. The third-order valence-electron chi connectivity index (χ3n) is 4.66. The summed E-state index contributed by atoms with van der Waals surface area (Å²) in [5.41, 5.74) is 2.44. The fraction of sp³-hybridized carbons (Fsp3) is 0.350. The Hall–Kier alpha value is -2.89. The van der Waals surface area contributed by atoms with Crippen LogP contribution in [-0.4, -0.2) is 53.0 Å². The zero-order valence-corrected chi connectivity index (χ0v) is 14.9. The number of aromatic carboxylic acids is 1. The van der Waals surface area contributed by atoms with E-state index in [1.807, 2.05) is 9.80 Å². The van der Waals surface area contributed by atoms with Gasteiger partial charge in [0.05, 0.1) is 0 Å². The Morgan fingerprint density at radius 3 is 2.38 bits per heavy atom. The van der Waals surface area contributed by atoms with E-state index >= 15 is 0 Å². The summed E-state index contributed by atoms with van der Waals surface area (Å²) in [5, 5.41) is 9.06. The number of aromatic nitrogens is 1. The first-order valence-corrected chi connectivity index (χ1v) is 8.81. The number of amides is 1. The van der Waals surface area contributed by atoms with Gasteiger partial charge in [-0.2, -0.15) is 0 Å². The maximum atomic E-state index is 12.4. The lowest BCUT2D eigenvalue weighted by molar-refractivity contribution is -0.131. The number of piperazine rings is 1. The van der Waals surface area contributed by atoms with Gasteiger partial charge in [-0.05, 0) is 31.0 Å². The second-order valence-corrected chi connectivity index (χ2v) is 6.54. The van der Waals surface area contributed by atoms with Crippen molar-refractivity contribution >= 4 is 17.7 Å². The van der Waals surface area contributed by atoms with Gasteiger partial charge < -0.3 is 14.9 Å². The molecule has 0 aliphatic carbocycles. The van der Waals surface area contributed by atoms with Crippen LogP contribution in [0.5, 0.6) is 0 Å². The number of rotatable bonds is 5. The number of carboxylic acids is 1. The van der Waals surface area contributed by atoms with Crippen LogP contribution in [0.1, 0.15) is 28.0 Å². The molecule has 1 aromatic carbocycles. The Bertz CT molecular complexity index is 781. The molecule has 0 radical (unpaired) electrons. The molecular weight excluding hydrogens is 330 g/mol. The smallest absolute Gasteiger partial charge is 0.354 e. The number of benzene rings is 1. The second-order valence-electron chi connectivity index (χ2n) is 6.54. The number of pyridine rings is 1. The molecule has 1 N–H and O–H groups in total. The number of anilines is 1. The van der Waals surface area contributed by atoms with Crippen molar-refractivity contribution in [2.45, 2.75) is 19.8 Å². The number of aryl methyl sites for hydroxylation is 2. The third-order valence-corrected chi connectivity index (χ3v) is 4.66. The van der Waals surface area contributed by atoms with Crippen LogP contribution in [0.4, 0.5) is 5.82 Å². The van der Waals surface area contributed by atoms with Crippen LogP contribution in [0, 0.1) is 6.92 Å². The summed E-state index contributed by atoms with van der Waals surface area (Å²) in [5.74, 6) is -0.217. The van der Waals surface area contributed by atoms with E-state index in [1.54, 1.807) is 12.1 Å². The zero-order chi connectivity index (χ0) is 18.5. The Morgan fingerprint density at radius 2 is 1.73 bits per heavy atom. The molecule has 1 aliphatic rings. The lowest BCUT2D eigenvalue weighted by Crippen LogP contribution is -2.49. The van der Waals surface area contributed by atoms with E-state index in [0.29, 0.717) is 38.4 Å². The minimum Gasteiger partial charge on any atom is -0.477 e. The molecule has 2 aromatic rings. The largest absolute Gasteiger partial charge is 0.477 e. The van der Waals surface area contributed by atoms with E-state index < -0.39 is 5.97 Å². The van der Waals surface area contributed by atoms with Gasteiger partial charge in [0.2, 0.25) is 5.91 Å². The molecule has 0 bridgehead atoms. The van der Waals surface area contributed by atoms with Crippen molar-refractivity contribution < 1.29 is 14.7 Å². The van der Waals surface area contributed by atoms with E-state index in [1.165, 1.54) is 17.2 Å². The predicted octanol–water partition coefficient (Wildman–Crippen LogP) is 2.37. The van der Waals surface area contributed by atoms with Gasteiger partial charge in [0.15, 0.2) is 5.69 Å². The fourth-order valence-corrected chi connectivity index (χ4v) is 3.07. The van der Waals surface area contributed by atoms with Crippen molar-refractivity contribution in [2.75, 3.05) is 31.1 Å². The molecule has 1 aromatic heterocycles. The molecule has 26 heavy (non-hydrogen) atoms. The average Bonchev–Trinajstić information content (AvgIpc) is 2.67. The van der Waals surface area contributed by atoms with E-state index in [9.17, 15) is 9.59 Å². The summed E-state index contributed by atoms with van der Waals surface area (Å²) in [4.78, 5) is 31.6. The molecule has 0 unspecified atom stereocenters. The Kier molecular flexibility index (Phi) is 5.51. The number of carbonyl (C=O) groups is 2. The highest BCUT2D eigenvalue weighted by atomic mass is 16.4. The van der Waals surface area contributed by atoms with E-state index in [0.717, 1.165) is 6.42 Å². The van der Waals surface area contributed by atoms with Crippen molar-refractivity contribution in [3.63, 3.8) is 0 Å². The van der Waals surface area contributed by atoms with Crippen molar-refractivity contribution in [3.8, 4) is 0 Å². The molecule has 1 saturated heterocycles. The minimum absolute atomic E-state index is 0.0408. The van der Waals surface area contributed by atoms with Gasteiger partial charge in [0.25, 0.3) is 0 Å². The Morgan fingerprint density at radius 1 is 1.04 bits per heavy atom. The average molecular weight is 353 g/mol. The van der Waals surface area contributed by atoms with Crippen LogP contribution in [0.3, 0.4) is 0 Å². The maximum Gasteiger partial charge on any atom is 0.354 e. The number of nitrogens with zero attached hydrogens (tertiary/aromatic N) is 3. The summed E-state index contributed by atoms with van der Waals surface area (Å²) in [7, 11) is 0. The number of hydrogen-bond donors (Lipinski definition) is 1. The van der Waals surface area contributed by atoms with Crippen LogP contribution in [0.25, 0.3) is 0 Å². The van der Waals surface area contributed by atoms with Gasteiger partial charge in [-0.25, -0.2) is 9.78 Å². The summed E-state index contributed by atoms with van der Waals surface area (Å²) < 4.78 is 0. The monoisotopic (exact) mass is 353 g/mol. The zero-order valence-electron chi connectivity index (χ0n) is 14.9. The maximum absolute atomic E-state index is 12.4. The highest BCUT2D eigenvalue weighted by molar-refractivity contribution is 5.85. The number of carboxylic acid groups (broad SMARTS) is 1. The molecule has 0 saturated carbocycles. The Balaban J connectivity index is 1.51. The van der Waals surface area contributed by atoms with Gasteiger partial charge in [0, 0.05) is 32.6 Å². The van der Waals surface area contributed by atoms with Crippen molar-refractivity contribution in [1.29, 1.82) is 0 Å². The summed E-state index contributed by atoms with van der Waals surface area (Å²) in [6.45, 7) is 4.63. The van der Waals surface area contributed by atoms with Gasteiger partial charge >= 0.3 is 5.97 Å². The molecule has 136 valence electrons. The quantitative estimate of drug-likeness (QED) is 0.893. The topological polar surface area (TPSA) is 73.7 Å². The third kappa shape index (κ3) is 4.39. The fourth-order valence-electron chi connectivity index (χ4n) is 3.07. The highest BCUT2D eigenvalue weighted by Gasteiger charge is 2.22.